The SMILES string of the molecule is CC(C)N(C(=O)c1cc(S(=O)(=O)CC#N)ccc1F)C1CC1. The quantitative estimate of drug-likeness (QED) is 0.777. The molecule has 1 aliphatic carbocycles. The van der Waals surface area contributed by atoms with E-state index in [1.165, 1.54) is 0 Å². The highest BCUT2D eigenvalue weighted by molar-refractivity contribution is 7.91. The smallest absolute Gasteiger partial charge is 0.257 e. The minimum atomic E-state index is -3.83. The monoisotopic (exact) mass is 324 g/mol. The van der Waals surface area contributed by atoms with E-state index in [2.05, 4.69) is 0 Å². The lowest BCUT2D eigenvalue weighted by molar-refractivity contribution is 0.0685. The molecule has 1 aromatic carbocycles. The van der Waals surface area contributed by atoms with Crippen LogP contribution < -0.4 is 0 Å². The Morgan fingerprint density at radius 1 is 1.45 bits per heavy atom. The maximum atomic E-state index is 14.0. The third kappa shape index (κ3) is 3.28. The summed E-state index contributed by atoms with van der Waals surface area (Å²) in [6, 6.07) is 4.62. The molecule has 0 unspecified atom stereocenters. The third-order valence-electron chi connectivity index (χ3n) is 3.51. The number of carbonyl (C=O) groups excluding carboxylic acids is 1. The van der Waals surface area contributed by atoms with Crippen LogP contribution >= 0.6 is 0 Å². The molecule has 0 saturated heterocycles. The van der Waals surface area contributed by atoms with Crippen molar-refractivity contribution < 1.29 is 17.6 Å². The minimum Gasteiger partial charge on any atom is -0.333 e. The van der Waals surface area contributed by atoms with Crippen LogP contribution in [-0.4, -0.2) is 37.1 Å². The number of halogens is 1. The van der Waals surface area contributed by atoms with Crippen LogP contribution in [0, 0.1) is 17.1 Å². The van der Waals surface area contributed by atoms with E-state index < -0.39 is 27.3 Å². The van der Waals surface area contributed by atoms with Crippen LogP contribution in [0.2, 0.25) is 0 Å². The first-order valence-corrected chi connectivity index (χ1v) is 8.65. The van der Waals surface area contributed by atoms with Gasteiger partial charge in [0.05, 0.1) is 16.5 Å². The average Bonchev–Trinajstić information content (AvgIpc) is 3.23. The zero-order valence-electron chi connectivity index (χ0n) is 12.4. The molecule has 0 heterocycles. The van der Waals surface area contributed by atoms with Crippen molar-refractivity contribution in [3.05, 3.63) is 29.6 Å². The van der Waals surface area contributed by atoms with Crippen LogP contribution in [0.4, 0.5) is 4.39 Å². The molecule has 22 heavy (non-hydrogen) atoms. The summed E-state index contributed by atoms with van der Waals surface area (Å²) in [5.41, 5.74) is -0.264. The third-order valence-corrected chi connectivity index (χ3v) is 4.99. The fourth-order valence-corrected chi connectivity index (χ4v) is 3.25. The lowest BCUT2D eigenvalue weighted by Gasteiger charge is -2.27. The topological polar surface area (TPSA) is 78.2 Å². The summed E-state index contributed by atoms with van der Waals surface area (Å²) < 4.78 is 37.8. The van der Waals surface area contributed by atoms with Gasteiger partial charge in [0.1, 0.15) is 11.6 Å². The number of amides is 1. The summed E-state index contributed by atoms with van der Waals surface area (Å²) >= 11 is 0. The highest BCUT2D eigenvalue weighted by Crippen LogP contribution is 2.31. The van der Waals surface area contributed by atoms with Gasteiger partial charge in [-0.15, -0.1) is 0 Å². The molecule has 0 aromatic heterocycles. The molecule has 1 fully saturated rings. The van der Waals surface area contributed by atoms with E-state index in [1.807, 2.05) is 13.8 Å². The van der Waals surface area contributed by atoms with E-state index in [9.17, 15) is 17.6 Å². The number of carbonyl (C=O) groups is 1. The molecule has 0 aliphatic heterocycles. The van der Waals surface area contributed by atoms with Gasteiger partial charge in [-0.2, -0.15) is 5.26 Å². The predicted molar refractivity (Wildman–Crippen MR) is 78.4 cm³/mol. The maximum Gasteiger partial charge on any atom is 0.257 e. The van der Waals surface area contributed by atoms with Gasteiger partial charge in [0.15, 0.2) is 9.84 Å². The molecule has 7 heteroatoms. The lowest BCUT2D eigenvalue weighted by Crippen LogP contribution is -2.39. The first-order valence-electron chi connectivity index (χ1n) is 7.00. The number of rotatable bonds is 5. The standard InChI is InChI=1S/C15H17FN2O3S/c1-10(2)18(11-3-4-11)15(19)13-9-12(5-6-14(13)16)22(20,21)8-7-17/h5-6,9-11H,3-4,8H2,1-2H3. The first kappa shape index (κ1) is 16.4. The second-order valence-electron chi connectivity index (χ2n) is 5.60. The van der Waals surface area contributed by atoms with Gasteiger partial charge in [0.2, 0.25) is 0 Å². The number of benzene rings is 1. The number of hydrogen-bond donors (Lipinski definition) is 0. The highest BCUT2D eigenvalue weighted by atomic mass is 32.2. The molecule has 1 aliphatic rings. The lowest BCUT2D eigenvalue weighted by atomic mass is 10.1. The summed E-state index contributed by atoms with van der Waals surface area (Å²) in [5.74, 6) is -1.97. The summed E-state index contributed by atoms with van der Waals surface area (Å²) in [5, 5.41) is 8.56. The van der Waals surface area contributed by atoms with E-state index in [0.29, 0.717) is 0 Å². The largest absolute Gasteiger partial charge is 0.333 e. The van der Waals surface area contributed by atoms with Crippen molar-refractivity contribution in [2.45, 2.75) is 43.7 Å². The Hall–Kier alpha value is -1.94. The molecule has 0 radical (unpaired) electrons. The summed E-state index contributed by atoms with van der Waals surface area (Å²) in [4.78, 5) is 13.9. The molecular weight excluding hydrogens is 307 g/mol. The number of nitrogens with zero attached hydrogens (tertiary/aromatic N) is 2. The Morgan fingerprint density at radius 3 is 2.59 bits per heavy atom. The van der Waals surface area contributed by atoms with E-state index in [1.54, 1.807) is 11.0 Å². The van der Waals surface area contributed by atoms with Gasteiger partial charge in [-0.1, -0.05) is 0 Å². The Morgan fingerprint density at radius 2 is 2.09 bits per heavy atom. The molecule has 0 bridgehead atoms. The van der Waals surface area contributed by atoms with Crippen LogP contribution in [0.3, 0.4) is 0 Å². The van der Waals surface area contributed by atoms with Crippen molar-refractivity contribution in [2.24, 2.45) is 0 Å². The summed E-state index contributed by atoms with van der Waals surface area (Å²) in [6.07, 6.45) is 1.75. The average molecular weight is 324 g/mol. The van der Waals surface area contributed by atoms with Crippen molar-refractivity contribution >= 4 is 15.7 Å². The highest BCUT2D eigenvalue weighted by Gasteiger charge is 2.36. The van der Waals surface area contributed by atoms with Gasteiger partial charge in [-0.3, -0.25) is 4.79 Å². The fourth-order valence-electron chi connectivity index (χ4n) is 2.34. The Bertz CT molecular complexity index is 732. The van der Waals surface area contributed by atoms with Gasteiger partial charge in [0, 0.05) is 12.1 Å². The molecule has 0 atom stereocenters. The molecular formula is C15H17FN2O3S. The van der Waals surface area contributed by atoms with Crippen LogP contribution in [0.25, 0.3) is 0 Å². The molecule has 2 rings (SSSR count). The fraction of sp³-hybridized carbons (Fsp3) is 0.467. The normalized spacial score (nSPS) is 14.7. The van der Waals surface area contributed by atoms with Gasteiger partial charge in [-0.05, 0) is 44.9 Å². The summed E-state index contributed by atoms with van der Waals surface area (Å²) in [6.45, 7) is 3.68. The van der Waals surface area contributed by atoms with Gasteiger partial charge >= 0.3 is 0 Å². The predicted octanol–water partition coefficient (Wildman–Crippen LogP) is 2.14. The van der Waals surface area contributed by atoms with Crippen molar-refractivity contribution in [3.8, 4) is 6.07 Å². The zero-order chi connectivity index (χ0) is 16.5. The van der Waals surface area contributed by atoms with Crippen LogP contribution in [-0.2, 0) is 9.84 Å². The van der Waals surface area contributed by atoms with E-state index in [0.717, 1.165) is 31.0 Å². The first-order chi connectivity index (χ1) is 10.3. The van der Waals surface area contributed by atoms with Crippen molar-refractivity contribution in [1.29, 1.82) is 5.26 Å². The van der Waals surface area contributed by atoms with Gasteiger partial charge < -0.3 is 4.90 Å². The number of sulfone groups is 1. The van der Waals surface area contributed by atoms with Crippen LogP contribution in [0.15, 0.2) is 23.1 Å². The molecule has 5 nitrogen and oxygen atoms in total. The Kier molecular flexibility index (Phi) is 4.52. The van der Waals surface area contributed by atoms with Gasteiger partial charge in [-0.25, -0.2) is 12.8 Å². The number of nitriles is 1. The van der Waals surface area contributed by atoms with E-state index in [-0.39, 0.29) is 22.5 Å². The van der Waals surface area contributed by atoms with E-state index in [4.69, 9.17) is 5.26 Å². The second kappa shape index (κ2) is 6.05. The molecule has 1 saturated carbocycles. The van der Waals surface area contributed by atoms with Crippen LogP contribution in [0.5, 0.6) is 0 Å². The number of hydrogen-bond acceptors (Lipinski definition) is 4. The molecule has 0 spiro atoms. The van der Waals surface area contributed by atoms with Crippen molar-refractivity contribution in [2.75, 3.05) is 5.75 Å². The maximum absolute atomic E-state index is 14.0. The molecule has 118 valence electrons. The molecule has 0 N–H and O–H groups in total. The Balaban J connectivity index is 2.43. The second-order valence-corrected chi connectivity index (χ2v) is 7.59. The zero-order valence-corrected chi connectivity index (χ0v) is 13.2. The summed E-state index contributed by atoms with van der Waals surface area (Å²) in [7, 11) is -3.83. The minimum absolute atomic E-state index is 0.0891. The molecule has 1 aromatic rings. The van der Waals surface area contributed by atoms with Crippen molar-refractivity contribution in [3.63, 3.8) is 0 Å². The van der Waals surface area contributed by atoms with Crippen LogP contribution in [0.1, 0.15) is 37.0 Å². The van der Waals surface area contributed by atoms with Gasteiger partial charge in [0.25, 0.3) is 5.91 Å². The van der Waals surface area contributed by atoms with Crippen molar-refractivity contribution in [1.82, 2.24) is 4.90 Å². The Labute approximate surface area is 129 Å². The molecule has 1 amide bonds. The van der Waals surface area contributed by atoms with E-state index >= 15 is 0 Å².